The maximum absolute atomic E-state index is 11.9. The Morgan fingerprint density at radius 3 is 2.36 bits per heavy atom. The van der Waals surface area contributed by atoms with Gasteiger partial charge in [0.05, 0.1) is 17.5 Å². The molecule has 0 aromatic heterocycles. The zero-order valence-electron chi connectivity index (χ0n) is 16.6. The average molecular weight is 422 g/mol. The summed E-state index contributed by atoms with van der Waals surface area (Å²) in [4.78, 5) is 2.19. The average Bonchev–Trinajstić information content (AvgIpc) is 2.69. The van der Waals surface area contributed by atoms with E-state index in [9.17, 15) is 8.42 Å². The van der Waals surface area contributed by atoms with E-state index in [1.165, 1.54) is 16.1 Å². The topological polar surface area (TPSA) is 55.8 Å². The molecule has 0 saturated carbocycles. The van der Waals surface area contributed by atoms with Crippen LogP contribution in [0, 0.1) is 0 Å². The van der Waals surface area contributed by atoms with Crippen molar-refractivity contribution in [1.29, 1.82) is 0 Å². The van der Waals surface area contributed by atoms with Gasteiger partial charge in [0, 0.05) is 49.5 Å². The summed E-state index contributed by atoms with van der Waals surface area (Å²) in [6.07, 6.45) is 2.93. The first-order chi connectivity index (χ1) is 13.4. The SMILES string of the molecule is CCN(c1ccc(Sc2cccc(C3(OC)CCOCC3)c2)cc1)S(C)(=O)=O. The van der Waals surface area contributed by atoms with E-state index >= 15 is 0 Å². The third-order valence-electron chi connectivity index (χ3n) is 5.10. The van der Waals surface area contributed by atoms with Crippen LogP contribution in [0.2, 0.25) is 0 Å². The van der Waals surface area contributed by atoms with Crippen LogP contribution in [0.5, 0.6) is 0 Å². The van der Waals surface area contributed by atoms with Crippen molar-refractivity contribution in [2.24, 2.45) is 0 Å². The molecule has 0 amide bonds. The first-order valence-electron chi connectivity index (χ1n) is 9.37. The summed E-state index contributed by atoms with van der Waals surface area (Å²) in [5.74, 6) is 0. The number of anilines is 1. The number of benzene rings is 2. The van der Waals surface area contributed by atoms with Crippen LogP contribution in [-0.2, 0) is 25.1 Å². The van der Waals surface area contributed by atoms with E-state index in [2.05, 4.69) is 24.3 Å². The summed E-state index contributed by atoms with van der Waals surface area (Å²) >= 11 is 1.66. The Hall–Kier alpha value is -1.54. The van der Waals surface area contributed by atoms with Crippen molar-refractivity contribution in [3.05, 3.63) is 54.1 Å². The number of rotatable bonds is 7. The van der Waals surface area contributed by atoms with Crippen molar-refractivity contribution < 1.29 is 17.9 Å². The Labute approximate surface area is 172 Å². The van der Waals surface area contributed by atoms with Crippen molar-refractivity contribution in [3.63, 3.8) is 0 Å². The molecule has 0 spiro atoms. The van der Waals surface area contributed by atoms with Crippen molar-refractivity contribution >= 4 is 27.5 Å². The molecule has 5 nitrogen and oxygen atoms in total. The van der Waals surface area contributed by atoms with E-state index in [0.29, 0.717) is 25.4 Å². The second-order valence-corrected chi connectivity index (χ2v) is 9.92. The predicted molar refractivity (Wildman–Crippen MR) is 114 cm³/mol. The molecule has 1 saturated heterocycles. The highest BCUT2D eigenvalue weighted by atomic mass is 32.2. The van der Waals surface area contributed by atoms with E-state index < -0.39 is 10.0 Å². The Balaban J connectivity index is 1.79. The lowest BCUT2D eigenvalue weighted by Crippen LogP contribution is -2.35. The van der Waals surface area contributed by atoms with Gasteiger partial charge in [0.2, 0.25) is 10.0 Å². The van der Waals surface area contributed by atoms with Gasteiger partial charge in [-0.3, -0.25) is 4.31 Å². The Morgan fingerprint density at radius 1 is 1.11 bits per heavy atom. The number of nitrogens with zero attached hydrogens (tertiary/aromatic N) is 1. The number of hydrogen-bond acceptors (Lipinski definition) is 5. The fourth-order valence-electron chi connectivity index (χ4n) is 3.58. The van der Waals surface area contributed by atoms with Gasteiger partial charge in [-0.15, -0.1) is 0 Å². The molecule has 152 valence electrons. The molecule has 28 heavy (non-hydrogen) atoms. The number of methoxy groups -OCH3 is 1. The summed E-state index contributed by atoms with van der Waals surface area (Å²) in [5, 5.41) is 0. The zero-order chi connectivity index (χ0) is 20.2. The fourth-order valence-corrected chi connectivity index (χ4v) is 5.43. The number of hydrogen-bond donors (Lipinski definition) is 0. The summed E-state index contributed by atoms with van der Waals surface area (Å²) in [6, 6.07) is 16.1. The molecule has 0 unspecified atom stereocenters. The largest absolute Gasteiger partial charge is 0.381 e. The summed E-state index contributed by atoms with van der Waals surface area (Å²) in [6.45, 7) is 3.66. The minimum Gasteiger partial charge on any atom is -0.381 e. The van der Waals surface area contributed by atoms with Crippen LogP contribution >= 0.6 is 11.8 Å². The molecule has 2 aromatic carbocycles. The van der Waals surface area contributed by atoms with E-state index in [0.717, 1.165) is 22.6 Å². The van der Waals surface area contributed by atoms with Gasteiger partial charge in [0.1, 0.15) is 0 Å². The molecule has 1 fully saturated rings. The molecular formula is C21H27NO4S2. The molecule has 0 radical (unpaired) electrons. The van der Waals surface area contributed by atoms with Crippen LogP contribution in [0.1, 0.15) is 25.3 Å². The monoisotopic (exact) mass is 421 g/mol. The second kappa shape index (κ2) is 8.86. The third-order valence-corrected chi connectivity index (χ3v) is 7.37. The molecular weight excluding hydrogens is 394 g/mol. The molecule has 2 aromatic rings. The van der Waals surface area contributed by atoms with E-state index in [1.807, 2.05) is 31.2 Å². The van der Waals surface area contributed by atoms with E-state index in [-0.39, 0.29) is 5.60 Å². The summed E-state index contributed by atoms with van der Waals surface area (Å²) in [7, 11) is -1.50. The third kappa shape index (κ3) is 4.71. The van der Waals surface area contributed by atoms with Gasteiger partial charge >= 0.3 is 0 Å². The van der Waals surface area contributed by atoms with Gasteiger partial charge in [-0.1, -0.05) is 23.9 Å². The lowest BCUT2D eigenvalue weighted by atomic mass is 9.86. The summed E-state index contributed by atoms with van der Waals surface area (Å²) in [5.41, 5.74) is 1.58. The Bertz CT molecular complexity index is 891. The second-order valence-electron chi connectivity index (χ2n) is 6.86. The highest BCUT2D eigenvalue weighted by molar-refractivity contribution is 7.99. The highest BCUT2D eigenvalue weighted by Gasteiger charge is 2.34. The molecule has 1 heterocycles. The van der Waals surface area contributed by atoms with Gasteiger partial charge in [-0.25, -0.2) is 8.42 Å². The van der Waals surface area contributed by atoms with Crippen LogP contribution in [0.3, 0.4) is 0 Å². The minimum absolute atomic E-state index is 0.282. The van der Waals surface area contributed by atoms with Gasteiger partial charge in [0.25, 0.3) is 0 Å². The molecule has 1 aliphatic heterocycles. The van der Waals surface area contributed by atoms with E-state index in [1.54, 1.807) is 18.9 Å². The van der Waals surface area contributed by atoms with Crippen LogP contribution < -0.4 is 4.31 Å². The quantitative estimate of drug-likeness (QED) is 0.668. The van der Waals surface area contributed by atoms with E-state index in [4.69, 9.17) is 9.47 Å². The van der Waals surface area contributed by atoms with Crippen LogP contribution in [0.15, 0.2) is 58.3 Å². The highest BCUT2D eigenvalue weighted by Crippen LogP contribution is 2.38. The molecule has 0 aliphatic carbocycles. The normalized spacial score (nSPS) is 16.7. The molecule has 0 N–H and O–H groups in total. The maximum atomic E-state index is 11.9. The van der Waals surface area contributed by atoms with Gasteiger partial charge in [0.15, 0.2) is 0 Å². The zero-order valence-corrected chi connectivity index (χ0v) is 18.2. The van der Waals surface area contributed by atoms with Crippen molar-refractivity contribution in [1.82, 2.24) is 0 Å². The van der Waals surface area contributed by atoms with Gasteiger partial charge < -0.3 is 9.47 Å². The Morgan fingerprint density at radius 2 is 1.79 bits per heavy atom. The van der Waals surface area contributed by atoms with Crippen molar-refractivity contribution in [2.45, 2.75) is 35.2 Å². The summed E-state index contributed by atoms with van der Waals surface area (Å²) < 4.78 is 36.6. The number of ether oxygens (including phenoxy) is 2. The first-order valence-corrected chi connectivity index (χ1v) is 12.0. The van der Waals surface area contributed by atoms with Crippen LogP contribution in [0.4, 0.5) is 5.69 Å². The van der Waals surface area contributed by atoms with Gasteiger partial charge in [-0.2, -0.15) is 0 Å². The number of sulfonamides is 1. The van der Waals surface area contributed by atoms with Crippen LogP contribution in [0.25, 0.3) is 0 Å². The smallest absolute Gasteiger partial charge is 0.232 e. The molecule has 1 aliphatic rings. The molecule has 7 heteroatoms. The Kier molecular flexibility index (Phi) is 6.70. The predicted octanol–water partition coefficient (Wildman–Crippen LogP) is 4.28. The maximum Gasteiger partial charge on any atom is 0.232 e. The van der Waals surface area contributed by atoms with Crippen molar-refractivity contribution in [2.75, 3.05) is 37.4 Å². The first kappa shape index (κ1) is 21.2. The lowest BCUT2D eigenvalue weighted by molar-refractivity contribution is -0.0948. The van der Waals surface area contributed by atoms with Gasteiger partial charge in [-0.05, 0) is 48.9 Å². The fraction of sp³-hybridized carbons (Fsp3) is 0.429. The molecule has 0 atom stereocenters. The lowest BCUT2D eigenvalue weighted by Gasteiger charge is -2.36. The van der Waals surface area contributed by atoms with Crippen molar-refractivity contribution in [3.8, 4) is 0 Å². The van der Waals surface area contributed by atoms with Crippen LogP contribution in [-0.4, -0.2) is 41.5 Å². The molecule has 3 rings (SSSR count). The standard InChI is InChI=1S/C21H27NO4S2/c1-4-22(28(3,23)24)18-8-10-19(11-9-18)27-20-7-5-6-17(16-20)21(25-2)12-14-26-15-13-21/h5-11,16H,4,12-15H2,1-3H3. The minimum atomic E-state index is -3.27. The molecule has 0 bridgehead atoms.